The SMILES string of the molecule is CCCc1[nH]n(-c2ccc([N+](=O)[O-])cc2)c(=O)c1C(C)=Nc1ccc(Oc2ccccc2)cc1. The van der Waals surface area contributed by atoms with Crippen molar-refractivity contribution in [3.63, 3.8) is 0 Å². The predicted molar refractivity (Wildman–Crippen MR) is 132 cm³/mol. The zero-order valence-corrected chi connectivity index (χ0v) is 18.9. The van der Waals surface area contributed by atoms with Crippen LogP contribution in [0, 0.1) is 10.1 Å². The molecule has 0 amide bonds. The van der Waals surface area contributed by atoms with Gasteiger partial charge in [-0.25, -0.2) is 4.68 Å². The van der Waals surface area contributed by atoms with Crippen molar-refractivity contribution in [1.82, 2.24) is 9.78 Å². The van der Waals surface area contributed by atoms with E-state index in [0.717, 1.165) is 17.9 Å². The third-order valence-electron chi connectivity index (χ3n) is 5.26. The van der Waals surface area contributed by atoms with Crippen LogP contribution in [0.25, 0.3) is 5.69 Å². The van der Waals surface area contributed by atoms with Crippen molar-refractivity contribution in [1.29, 1.82) is 0 Å². The van der Waals surface area contributed by atoms with Gasteiger partial charge in [0.15, 0.2) is 0 Å². The van der Waals surface area contributed by atoms with Gasteiger partial charge in [0.2, 0.25) is 0 Å². The van der Waals surface area contributed by atoms with Crippen molar-refractivity contribution < 1.29 is 9.66 Å². The third kappa shape index (κ3) is 4.96. The van der Waals surface area contributed by atoms with Gasteiger partial charge in [-0.05, 0) is 61.9 Å². The van der Waals surface area contributed by atoms with Gasteiger partial charge in [-0.1, -0.05) is 31.5 Å². The van der Waals surface area contributed by atoms with Crippen molar-refractivity contribution in [3.8, 4) is 17.2 Å². The van der Waals surface area contributed by atoms with E-state index in [2.05, 4.69) is 10.1 Å². The molecule has 1 N–H and O–H groups in total. The number of nitro benzene ring substituents is 1. The highest BCUT2D eigenvalue weighted by Crippen LogP contribution is 2.24. The summed E-state index contributed by atoms with van der Waals surface area (Å²) in [6, 6.07) is 22.7. The molecule has 0 fully saturated rings. The number of non-ortho nitro benzene ring substituents is 1. The highest BCUT2D eigenvalue weighted by Gasteiger charge is 2.18. The van der Waals surface area contributed by atoms with Gasteiger partial charge in [0.25, 0.3) is 11.2 Å². The fourth-order valence-corrected chi connectivity index (χ4v) is 3.65. The molecule has 0 bridgehead atoms. The van der Waals surface area contributed by atoms with Crippen LogP contribution in [0.5, 0.6) is 11.5 Å². The van der Waals surface area contributed by atoms with E-state index in [0.29, 0.717) is 34.8 Å². The van der Waals surface area contributed by atoms with E-state index in [-0.39, 0.29) is 11.2 Å². The number of para-hydroxylation sites is 1. The quantitative estimate of drug-likeness (QED) is 0.201. The Hall–Kier alpha value is -4.46. The molecule has 0 aliphatic heterocycles. The number of aliphatic imine (C=N–C) groups is 1. The second-order valence-corrected chi connectivity index (χ2v) is 7.74. The highest BCUT2D eigenvalue weighted by molar-refractivity contribution is 6.01. The number of ether oxygens (including phenoxy) is 1. The molecule has 1 aromatic heterocycles. The summed E-state index contributed by atoms with van der Waals surface area (Å²) in [5.74, 6) is 1.44. The molecule has 0 aliphatic carbocycles. The number of H-pyrrole nitrogens is 1. The number of aromatic nitrogens is 2. The van der Waals surface area contributed by atoms with Crippen molar-refractivity contribution in [2.24, 2.45) is 4.99 Å². The summed E-state index contributed by atoms with van der Waals surface area (Å²) < 4.78 is 7.22. The third-order valence-corrected chi connectivity index (χ3v) is 5.26. The molecule has 172 valence electrons. The fraction of sp³-hybridized carbons (Fsp3) is 0.154. The summed E-state index contributed by atoms with van der Waals surface area (Å²) in [7, 11) is 0. The van der Waals surface area contributed by atoms with E-state index < -0.39 is 4.92 Å². The Kier molecular flexibility index (Phi) is 6.68. The number of rotatable bonds is 8. The zero-order chi connectivity index (χ0) is 24.1. The first kappa shape index (κ1) is 22.7. The largest absolute Gasteiger partial charge is 0.457 e. The number of aryl methyl sites for hydroxylation is 1. The number of hydrogen-bond acceptors (Lipinski definition) is 5. The molecule has 0 spiro atoms. The molecule has 0 atom stereocenters. The van der Waals surface area contributed by atoms with Gasteiger partial charge in [0.05, 0.1) is 27.6 Å². The second kappa shape index (κ2) is 9.99. The topological polar surface area (TPSA) is 103 Å². The van der Waals surface area contributed by atoms with Crippen LogP contribution in [0.4, 0.5) is 11.4 Å². The second-order valence-electron chi connectivity index (χ2n) is 7.74. The van der Waals surface area contributed by atoms with Gasteiger partial charge in [-0.2, -0.15) is 0 Å². The van der Waals surface area contributed by atoms with E-state index >= 15 is 0 Å². The first-order valence-electron chi connectivity index (χ1n) is 10.9. The predicted octanol–water partition coefficient (Wildman–Crippen LogP) is 5.96. The Morgan fingerprint density at radius 3 is 2.26 bits per heavy atom. The number of nitrogens with one attached hydrogen (secondary N) is 1. The Labute approximate surface area is 196 Å². The lowest BCUT2D eigenvalue weighted by atomic mass is 10.1. The molecule has 4 aromatic rings. The first-order valence-corrected chi connectivity index (χ1v) is 10.9. The van der Waals surface area contributed by atoms with E-state index in [4.69, 9.17) is 4.74 Å². The van der Waals surface area contributed by atoms with Crippen LogP contribution in [0.3, 0.4) is 0 Å². The lowest BCUT2D eigenvalue weighted by Gasteiger charge is -2.06. The molecule has 0 saturated heterocycles. The summed E-state index contributed by atoms with van der Waals surface area (Å²) in [6.45, 7) is 3.83. The van der Waals surface area contributed by atoms with E-state index in [1.165, 1.54) is 16.8 Å². The van der Waals surface area contributed by atoms with Crippen molar-refractivity contribution in [2.45, 2.75) is 26.7 Å². The average Bonchev–Trinajstić information content (AvgIpc) is 3.17. The number of benzene rings is 3. The Bertz CT molecular complexity index is 1370. The Morgan fingerprint density at radius 2 is 1.65 bits per heavy atom. The maximum Gasteiger partial charge on any atom is 0.280 e. The van der Waals surface area contributed by atoms with Crippen LogP contribution < -0.4 is 10.3 Å². The summed E-state index contributed by atoms with van der Waals surface area (Å²) in [6.07, 6.45) is 1.51. The molecule has 4 rings (SSSR count). The molecule has 1 heterocycles. The first-order chi connectivity index (χ1) is 16.5. The molecule has 8 nitrogen and oxygen atoms in total. The van der Waals surface area contributed by atoms with Crippen molar-refractivity contribution in [2.75, 3.05) is 0 Å². The number of hydrogen-bond donors (Lipinski definition) is 1. The van der Waals surface area contributed by atoms with Crippen molar-refractivity contribution >= 4 is 17.1 Å². The van der Waals surface area contributed by atoms with Crippen LogP contribution in [-0.2, 0) is 6.42 Å². The molecule has 0 unspecified atom stereocenters. The van der Waals surface area contributed by atoms with Gasteiger partial charge in [-0.15, -0.1) is 0 Å². The zero-order valence-electron chi connectivity index (χ0n) is 18.9. The standard InChI is InChI=1S/C26H24N4O4/c1-3-7-24-25(26(31)29(28-24)20-12-14-21(15-13-20)30(32)33)18(2)27-19-10-16-23(17-11-19)34-22-8-5-4-6-9-22/h4-6,8-17,28H,3,7H2,1-2H3. The maximum absolute atomic E-state index is 13.3. The summed E-state index contributed by atoms with van der Waals surface area (Å²) in [5.41, 5.74) is 2.80. The minimum atomic E-state index is -0.470. The lowest BCUT2D eigenvalue weighted by Crippen LogP contribution is -2.19. The summed E-state index contributed by atoms with van der Waals surface area (Å²) in [4.78, 5) is 28.4. The smallest absolute Gasteiger partial charge is 0.280 e. The van der Waals surface area contributed by atoms with E-state index in [9.17, 15) is 14.9 Å². The van der Waals surface area contributed by atoms with E-state index in [1.807, 2.05) is 61.5 Å². The van der Waals surface area contributed by atoms with Crippen LogP contribution >= 0.6 is 0 Å². The molecule has 8 heteroatoms. The van der Waals surface area contributed by atoms with Gasteiger partial charge in [0.1, 0.15) is 11.5 Å². The Balaban J connectivity index is 1.63. The van der Waals surface area contributed by atoms with Crippen LogP contribution in [0.1, 0.15) is 31.5 Å². The molecular weight excluding hydrogens is 432 g/mol. The number of nitro groups is 1. The normalized spacial score (nSPS) is 11.4. The summed E-state index contributed by atoms with van der Waals surface area (Å²) in [5, 5.41) is 14.1. The monoisotopic (exact) mass is 456 g/mol. The van der Waals surface area contributed by atoms with Gasteiger partial charge in [0, 0.05) is 17.8 Å². The number of nitrogens with zero attached hydrogens (tertiary/aromatic N) is 3. The highest BCUT2D eigenvalue weighted by atomic mass is 16.6. The minimum Gasteiger partial charge on any atom is -0.457 e. The van der Waals surface area contributed by atoms with Gasteiger partial charge in [-0.3, -0.25) is 25.0 Å². The lowest BCUT2D eigenvalue weighted by molar-refractivity contribution is -0.384. The van der Waals surface area contributed by atoms with Gasteiger partial charge >= 0.3 is 0 Å². The Morgan fingerprint density at radius 1 is 1.00 bits per heavy atom. The van der Waals surface area contributed by atoms with Crippen molar-refractivity contribution in [3.05, 3.63) is 111 Å². The molecule has 3 aromatic carbocycles. The molecular formula is C26H24N4O4. The van der Waals surface area contributed by atoms with E-state index in [1.54, 1.807) is 19.1 Å². The van der Waals surface area contributed by atoms with Gasteiger partial charge < -0.3 is 4.74 Å². The average molecular weight is 457 g/mol. The molecule has 0 saturated carbocycles. The molecule has 0 aliphatic rings. The fourth-order valence-electron chi connectivity index (χ4n) is 3.65. The minimum absolute atomic E-state index is 0.0326. The summed E-state index contributed by atoms with van der Waals surface area (Å²) >= 11 is 0. The molecule has 0 radical (unpaired) electrons. The number of aromatic amines is 1. The molecule has 34 heavy (non-hydrogen) atoms. The van der Waals surface area contributed by atoms with Crippen LogP contribution in [0.2, 0.25) is 0 Å². The van der Waals surface area contributed by atoms with Crippen LogP contribution in [-0.4, -0.2) is 20.4 Å². The maximum atomic E-state index is 13.3. The van der Waals surface area contributed by atoms with Crippen LogP contribution in [0.15, 0.2) is 88.6 Å².